The number of nitrogens with one attached hydrogen (secondary N) is 1. The zero-order chi connectivity index (χ0) is 21.1. The minimum Gasteiger partial charge on any atom is -0.273 e. The van der Waals surface area contributed by atoms with Crippen LogP contribution in [0.3, 0.4) is 0 Å². The zero-order valence-corrected chi connectivity index (χ0v) is 17.9. The lowest BCUT2D eigenvalue weighted by Crippen LogP contribution is -2.39. The molecule has 1 amide bonds. The summed E-state index contributed by atoms with van der Waals surface area (Å²) < 4.78 is 1.29. The van der Waals surface area contributed by atoms with Crippen LogP contribution in [-0.2, 0) is 4.79 Å². The van der Waals surface area contributed by atoms with Gasteiger partial charge in [0.15, 0.2) is 5.82 Å². The Morgan fingerprint density at radius 2 is 1.90 bits per heavy atom. The van der Waals surface area contributed by atoms with E-state index in [1.165, 1.54) is 17.5 Å². The molecule has 156 valence electrons. The molecular formula is C24H26ClN3O2. The van der Waals surface area contributed by atoms with E-state index in [9.17, 15) is 9.59 Å². The van der Waals surface area contributed by atoms with E-state index in [1.54, 1.807) is 36.4 Å². The van der Waals surface area contributed by atoms with Crippen LogP contribution in [0.5, 0.6) is 0 Å². The lowest BCUT2D eigenvalue weighted by Gasteiger charge is -2.28. The Morgan fingerprint density at radius 3 is 2.63 bits per heavy atom. The minimum absolute atomic E-state index is 0.0799. The van der Waals surface area contributed by atoms with E-state index in [4.69, 9.17) is 11.6 Å². The van der Waals surface area contributed by atoms with Crippen LogP contribution in [0.15, 0.2) is 53.3 Å². The van der Waals surface area contributed by atoms with E-state index in [0.717, 1.165) is 25.7 Å². The summed E-state index contributed by atoms with van der Waals surface area (Å²) in [6, 6.07) is 14.3. The fourth-order valence-corrected chi connectivity index (χ4v) is 4.57. The van der Waals surface area contributed by atoms with Crippen molar-refractivity contribution in [3.63, 3.8) is 0 Å². The minimum atomic E-state index is -0.288. The number of fused-ring (bicyclic) bond motifs is 1. The molecule has 1 aliphatic rings. The van der Waals surface area contributed by atoms with Gasteiger partial charge in [-0.1, -0.05) is 55.6 Å². The number of benzene rings is 2. The van der Waals surface area contributed by atoms with Gasteiger partial charge in [0.1, 0.15) is 0 Å². The van der Waals surface area contributed by atoms with Crippen LogP contribution in [-0.4, -0.2) is 15.6 Å². The number of hydrogen-bond donors (Lipinski definition) is 1. The van der Waals surface area contributed by atoms with E-state index in [-0.39, 0.29) is 17.4 Å². The number of halogens is 1. The molecule has 3 aromatic rings. The topological polar surface area (TPSA) is 64.0 Å². The Bertz CT molecular complexity index is 1120. The first kappa shape index (κ1) is 20.6. The lowest BCUT2D eigenvalue weighted by atomic mass is 9.80. The Kier molecular flexibility index (Phi) is 6.18. The van der Waals surface area contributed by atoms with Gasteiger partial charge in [-0.05, 0) is 55.9 Å². The molecule has 2 aromatic carbocycles. The summed E-state index contributed by atoms with van der Waals surface area (Å²) in [7, 11) is 0. The summed E-state index contributed by atoms with van der Waals surface area (Å²) in [5.41, 5.74) is 3.84. The Balaban J connectivity index is 1.69. The summed E-state index contributed by atoms with van der Waals surface area (Å²) in [5.74, 6) is 0.899. The van der Waals surface area contributed by atoms with Crippen molar-refractivity contribution in [3.8, 4) is 11.4 Å². The van der Waals surface area contributed by atoms with Crippen LogP contribution in [0, 0.1) is 11.8 Å². The second-order valence-corrected chi connectivity index (χ2v) is 8.52. The highest BCUT2D eigenvalue weighted by atomic mass is 35.5. The second kappa shape index (κ2) is 9.00. The largest absolute Gasteiger partial charge is 0.280 e. The molecule has 0 unspecified atom stereocenters. The first-order valence-corrected chi connectivity index (χ1v) is 11.0. The summed E-state index contributed by atoms with van der Waals surface area (Å²) in [5, 5.41) is 1.01. The van der Waals surface area contributed by atoms with Gasteiger partial charge in [0.05, 0.1) is 10.9 Å². The van der Waals surface area contributed by atoms with Gasteiger partial charge in [-0.25, -0.2) is 4.98 Å². The van der Waals surface area contributed by atoms with Gasteiger partial charge in [-0.2, -0.15) is 4.68 Å². The van der Waals surface area contributed by atoms with E-state index in [0.29, 0.717) is 33.2 Å². The molecule has 0 atom stereocenters. The Labute approximate surface area is 181 Å². The molecule has 0 saturated heterocycles. The second-order valence-electron chi connectivity index (χ2n) is 8.09. The molecule has 0 spiro atoms. The summed E-state index contributed by atoms with van der Waals surface area (Å²) in [6.45, 7) is 2.20. The molecule has 6 heteroatoms. The maximum atomic E-state index is 13.2. The first-order chi connectivity index (χ1) is 14.6. The van der Waals surface area contributed by atoms with Crippen LogP contribution in [0.1, 0.15) is 45.4 Å². The van der Waals surface area contributed by atoms with Gasteiger partial charge in [0.2, 0.25) is 5.91 Å². The lowest BCUT2D eigenvalue weighted by molar-refractivity contribution is -0.122. The van der Waals surface area contributed by atoms with Crippen molar-refractivity contribution in [2.75, 3.05) is 5.43 Å². The summed E-state index contributed by atoms with van der Waals surface area (Å²) in [6.07, 6.45) is 6.26. The van der Waals surface area contributed by atoms with Gasteiger partial charge >= 0.3 is 0 Å². The standard InChI is InChI=1S/C24H26ClN3O2/c1-2-6-16-11-13-17(14-12-16)23(29)27-28-22(18-7-5-8-19(25)15-18)26-21-10-4-3-9-20(21)24(28)30/h3-5,7-10,15-17H,2,6,11-14H2,1H3,(H,27,29). The van der Waals surface area contributed by atoms with Gasteiger partial charge in [0, 0.05) is 16.5 Å². The molecule has 1 aliphatic carbocycles. The fourth-order valence-electron chi connectivity index (χ4n) is 4.38. The van der Waals surface area contributed by atoms with E-state index in [1.807, 2.05) is 12.1 Å². The molecule has 1 saturated carbocycles. The molecule has 0 radical (unpaired) electrons. The maximum Gasteiger partial charge on any atom is 0.280 e. The van der Waals surface area contributed by atoms with Crippen molar-refractivity contribution in [3.05, 3.63) is 63.9 Å². The van der Waals surface area contributed by atoms with Crippen molar-refractivity contribution in [2.45, 2.75) is 45.4 Å². The number of carbonyl (C=O) groups excluding carboxylic acids is 1. The molecule has 5 nitrogen and oxygen atoms in total. The Morgan fingerprint density at radius 1 is 1.13 bits per heavy atom. The predicted molar refractivity (Wildman–Crippen MR) is 121 cm³/mol. The van der Waals surface area contributed by atoms with E-state index in [2.05, 4.69) is 17.3 Å². The van der Waals surface area contributed by atoms with Crippen molar-refractivity contribution < 1.29 is 4.79 Å². The predicted octanol–water partition coefficient (Wildman–Crippen LogP) is 5.39. The van der Waals surface area contributed by atoms with E-state index >= 15 is 0 Å². The molecule has 0 bridgehead atoms. The van der Waals surface area contributed by atoms with Crippen LogP contribution in [0.4, 0.5) is 0 Å². The van der Waals surface area contributed by atoms with Crippen LogP contribution in [0.2, 0.25) is 5.02 Å². The third-order valence-corrected chi connectivity index (χ3v) is 6.23. The molecule has 30 heavy (non-hydrogen) atoms. The molecule has 1 fully saturated rings. The number of amides is 1. The third kappa shape index (κ3) is 4.26. The zero-order valence-electron chi connectivity index (χ0n) is 17.1. The highest BCUT2D eigenvalue weighted by molar-refractivity contribution is 6.30. The normalized spacial score (nSPS) is 19.0. The highest BCUT2D eigenvalue weighted by Gasteiger charge is 2.27. The third-order valence-electron chi connectivity index (χ3n) is 5.99. The van der Waals surface area contributed by atoms with Crippen molar-refractivity contribution in [1.82, 2.24) is 9.66 Å². The van der Waals surface area contributed by atoms with Crippen molar-refractivity contribution in [1.29, 1.82) is 0 Å². The molecule has 0 aliphatic heterocycles. The van der Waals surface area contributed by atoms with E-state index < -0.39 is 0 Å². The molecule has 1 aromatic heterocycles. The average Bonchev–Trinajstić information content (AvgIpc) is 2.76. The van der Waals surface area contributed by atoms with Crippen LogP contribution >= 0.6 is 11.6 Å². The van der Waals surface area contributed by atoms with Crippen molar-refractivity contribution >= 4 is 28.4 Å². The van der Waals surface area contributed by atoms with Gasteiger partial charge in [-0.3, -0.25) is 15.0 Å². The monoisotopic (exact) mass is 423 g/mol. The van der Waals surface area contributed by atoms with Crippen LogP contribution in [0.25, 0.3) is 22.3 Å². The summed E-state index contributed by atoms with van der Waals surface area (Å²) in [4.78, 5) is 31.0. The molecular weight excluding hydrogens is 398 g/mol. The fraction of sp³-hybridized carbons (Fsp3) is 0.375. The van der Waals surface area contributed by atoms with Gasteiger partial charge in [0.25, 0.3) is 5.56 Å². The number of nitrogens with zero attached hydrogens (tertiary/aromatic N) is 2. The quantitative estimate of drug-likeness (QED) is 0.598. The maximum absolute atomic E-state index is 13.2. The number of hydrogen-bond acceptors (Lipinski definition) is 3. The number of para-hydroxylation sites is 1. The number of rotatable bonds is 5. The average molecular weight is 424 g/mol. The van der Waals surface area contributed by atoms with Crippen LogP contribution < -0.4 is 11.0 Å². The molecule has 1 N–H and O–H groups in total. The van der Waals surface area contributed by atoms with Crippen molar-refractivity contribution in [2.24, 2.45) is 11.8 Å². The summed E-state index contributed by atoms with van der Waals surface area (Å²) >= 11 is 6.17. The molecule has 1 heterocycles. The molecule has 4 rings (SSSR count). The van der Waals surface area contributed by atoms with Gasteiger partial charge in [-0.15, -0.1) is 0 Å². The number of aromatic nitrogens is 2. The number of carbonyl (C=O) groups is 1. The highest BCUT2D eigenvalue weighted by Crippen LogP contribution is 2.32. The smallest absolute Gasteiger partial charge is 0.273 e. The first-order valence-electron chi connectivity index (χ1n) is 10.7. The SMILES string of the molecule is CCCC1CCC(C(=O)Nn2c(-c3cccc(Cl)c3)nc3ccccc3c2=O)CC1. The Hall–Kier alpha value is -2.66. The van der Waals surface area contributed by atoms with Gasteiger partial charge < -0.3 is 0 Å².